The molecule has 2 amide bonds. The van der Waals surface area contributed by atoms with Gasteiger partial charge in [-0.2, -0.15) is 0 Å². The van der Waals surface area contributed by atoms with Crippen molar-refractivity contribution in [2.75, 3.05) is 26.2 Å². The highest BCUT2D eigenvalue weighted by Gasteiger charge is 2.32. The van der Waals surface area contributed by atoms with Gasteiger partial charge in [0.05, 0.1) is 5.92 Å². The van der Waals surface area contributed by atoms with Gasteiger partial charge in [-0.3, -0.25) is 14.6 Å². The molecule has 6 nitrogen and oxygen atoms in total. The predicted octanol–water partition coefficient (Wildman–Crippen LogP) is 2.22. The summed E-state index contributed by atoms with van der Waals surface area (Å²) in [5, 5.41) is 0. The Morgan fingerprint density at radius 1 is 1.00 bits per heavy atom. The largest absolute Gasteiger partial charge is 0.342 e. The van der Waals surface area contributed by atoms with Gasteiger partial charge in [0.15, 0.2) is 0 Å². The van der Waals surface area contributed by atoms with E-state index in [2.05, 4.69) is 17.1 Å². The minimum absolute atomic E-state index is 0. The van der Waals surface area contributed by atoms with Gasteiger partial charge in [0.1, 0.15) is 0 Å². The first-order chi connectivity index (χ1) is 12.0. The number of halogens is 2. The quantitative estimate of drug-likeness (QED) is 0.801. The molecule has 0 spiro atoms. The number of hydrogen-bond donors (Lipinski definition) is 1. The Morgan fingerprint density at radius 3 is 2.22 bits per heavy atom. The number of rotatable bonds is 2. The Balaban J connectivity index is 0.00000182. The summed E-state index contributed by atoms with van der Waals surface area (Å²) in [6.07, 6.45) is 7.20. The Bertz CT molecular complexity index is 609. The Morgan fingerprint density at radius 2 is 1.63 bits per heavy atom. The molecule has 27 heavy (non-hydrogen) atoms. The van der Waals surface area contributed by atoms with Crippen LogP contribution in [0.1, 0.15) is 44.1 Å². The van der Waals surface area contributed by atoms with E-state index in [1.165, 1.54) is 5.56 Å². The van der Waals surface area contributed by atoms with E-state index in [1.807, 2.05) is 17.3 Å². The van der Waals surface area contributed by atoms with Gasteiger partial charge in [0.25, 0.3) is 0 Å². The molecule has 2 fully saturated rings. The first kappa shape index (κ1) is 23.7. The number of carbonyl (C=O) groups excluding carboxylic acids is 2. The third kappa shape index (κ3) is 6.06. The van der Waals surface area contributed by atoms with Gasteiger partial charge in [0, 0.05) is 51.5 Å². The first-order valence-corrected chi connectivity index (χ1v) is 9.24. The molecule has 0 unspecified atom stereocenters. The summed E-state index contributed by atoms with van der Waals surface area (Å²) in [5.74, 6) is 0.582. The summed E-state index contributed by atoms with van der Waals surface area (Å²) < 4.78 is 0. The van der Waals surface area contributed by atoms with Crippen LogP contribution in [0.4, 0.5) is 0 Å². The molecule has 3 rings (SSSR count). The maximum atomic E-state index is 13.0. The van der Waals surface area contributed by atoms with E-state index in [-0.39, 0.29) is 48.6 Å². The lowest BCUT2D eigenvalue weighted by atomic mass is 9.89. The van der Waals surface area contributed by atoms with Crippen molar-refractivity contribution in [1.29, 1.82) is 0 Å². The molecule has 0 saturated carbocycles. The number of nitrogens with two attached hydrogens (primary N) is 1. The molecular formula is C19H30Cl2N4O2. The lowest BCUT2D eigenvalue weighted by Gasteiger charge is -2.35. The molecule has 0 aromatic carbocycles. The molecule has 0 bridgehead atoms. The lowest BCUT2D eigenvalue weighted by molar-refractivity contribution is -0.138. The monoisotopic (exact) mass is 416 g/mol. The van der Waals surface area contributed by atoms with Crippen molar-refractivity contribution < 1.29 is 9.59 Å². The maximum Gasteiger partial charge on any atom is 0.227 e. The van der Waals surface area contributed by atoms with Crippen LogP contribution in [0.25, 0.3) is 0 Å². The van der Waals surface area contributed by atoms with Crippen LogP contribution >= 0.6 is 24.8 Å². The second kappa shape index (κ2) is 10.8. The van der Waals surface area contributed by atoms with E-state index in [4.69, 9.17) is 5.73 Å². The van der Waals surface area contributed by atoms with Gasteiger partial charge in [0.2, 0.25) is 11.8 Å². The van der Waals surface area contributed by atoms with E-state index < -0.39 is 0 Å². The maximum absolute atomic E-state index is 13.0. The molecule has 2 atom stereocenters. The van der Waals surface area contributed by atoms with Crippen LogP contribution in [0.5, 0.6) is 0 Å². The normalized spacial score (nSPS) is 23.6. The molecule has 0 radical (unpaired) electrons. The smallest absolute Gasteiger partial charge is 0.227 e. The Kier molecular flexibility index (Phi) is 9.50. The van der Waals surface area contributed by atoms with Crippen LogP contribution in [0.3, 0.4) is 0 Å². The highest BCUT2D eigenvalue weighted by molar-refractivity contribution is 5.85. The van der Waals surface area contributed by atoms with Crippen molar-refractivity contribution in [3.63, 3.8) is 0 Å². The summed E-state index contributed by atoms with van der Waals surface area (Å²) in [5.41, 5.74) is 7.37. The van der Waals surface area contributed by atoms with Crippen LogP contribution in [-0.2, 0) is 9.59 Å². The molecule has 2 aliphatic rings. The van der Waals surface area contributed by atoms with Crippen molar-refractivity contribution in [3.8, 4) is 0 Å². The molecule has 152 valence electrons. The van der Waals surface area contributed by atoms with Crippen molar-refractivity contribution in [3.05, 3.63) is 30.1 Å². The van der Waals surface area contributed by atoms with Gasteiger partial charge in [-0.05, 0) is 49.3 Å². The molecule has 2 saturated heterocycles. The molecule has 3 heterocycles. The lowest BCUT2D eigenvalue weighted by Crippen LogP contribution is -2.45. The summed E-state index contributed by atoms with van der Waals surface area (Å²) in [6, 6.07) is 4.11. The molecule has 0 aliphatic carbocycles. The second-order valence-corrected chi connectivity index (χ2v) is 7.34. The third-order valence-electron chi connectivity index (χ3n) is 5.56. The average Bonchev–Trinajstić information content (AvgIpc) is 2.84. The zero-order chi connectivity index (χ0) is 17.8. The number of nitrogens with zero attached hydrogens (tertiary/aromatic N) is 3. The molecule has 2 aliphatic heterocycles. The van der Waals surface area contributed by atoms with Gasteiger partial charge in [-0.15, -0.1) is 24.8 Å². The fourth-order valence-corrected chi connectivity index (χ4v) is 4.01. The van der Waals surface area contributed by atoms with Crippen molar-refractivity contribution in [2.45, 2.75) is 44.6 Å². The van der Waals surface area contributed by atoms with E-state index in [0.717, 1.165) is 38.8 Å². The summed E-state index contributed by atoms with van der Waals surface area (Å²) in [4.78, 5) is 32.5. The second-order valence-electron chi connectivity index (χ2n) is 7.34. The standard InChI is InChI=1S/C19H28N4O2.2ClH/c1-14(24)23-12-17(2-3-18(20)13-23)19(25)22-10-6-16(7-11-22)15-4-8-21-9-5-15;;/h4-5,8-9,16-18H,2-3,6-7,10-13,20H2,1H3;2*1H/t17-,18+;;/m1../s1. The zero-order valence-electron chi connectivity index (χ0n) is 15.8. The van der Waals surface area contributed by atoms with Gasteiger partial charge < -0.3 is 15.5 Å². The topological polar surface area (TPSA) is 79.5 Å². The molecule has 2 N–H and O–H groups in total. The van der Waals surface area contributed by atoms with Crippen LogP contribution < -0.4 is 5.73 Å². The number of carbonyl (C=O) groups is 2. The van der Waals surface area contributed by atoms with Crippen LogP contribution in [0.2, 0.25) is 0 Å². The highest BCUT2D eigenvalue weighted by atomic mass is 35.5. The number of piperidine rings is 1. The van der Waals surface area contributed by atoms with E-state index in [0.29, 0.717) is 19.0 Å². The Hall–Kier alpha value is -1.37. The van der Waals surface area contributed by atoms with Crippen LogP contribution in [0, 0.1) is 5.92 Å². The molecule has 8 heteroatoms. The minimum Gasteiger partial charge on any atom is -0.342 e. The number of pyridine rings is 1. The first-order valence-electron chi connectivity index (χ1n) is 9.24. The Labute approximate surface area is 173 Å². The summed E-state index contributed by atoms with van der Waals surface area (Å²) in [6.45, 7) is 4.19. The van der Waals surface area contributed by atoms with E-state index >= 15 is 0 Å². The van der Waals surface area contributed by atoms with Gasteiger partial charge in [-0.1, -0.05) is 0 Å². The number of amides is 2. The fourth-order valence-electron chi connectivity index (χ4n) is 4.01. The average molecular weight is 417 g/mol. The van der Waals surface area contributed by atoms with E-state index in [1.54, 1.807) is 11.8 Å². The summed E-state index contributed by atoms with van der Waals surface area (Å²) >= 11 is 0. The predicted molar refractivity (Wildman–Crippen MR) is 110 cm³/mol. The van der Waals surface area contributed by atoms with E-state index in [9.17, 15) is 9.59 Å². The third-order valence-corrected chi connectivity index (χ3v) is 5.56. The fraction of sp³-hybridized carbons (Fsp3) is 0.632. The van der Waals surface area contributed by atoms with Crippen LogP contribution in [-0.4, -0.2) is 58.8 Å². The molecule has 1 aromatic heterocycles. The molecule has 1 aromatic rings. The van der Waals surface area contributed by atoms with Gasteiger partial charge >= 0.3 is 0 Å². The number of aromatic nitrogens is 1. The van der Waals surface area contributed by atoms with Crippen LogP contribution in [0.15, 0.2) is 24.5 Å². The van der Waals surface area contributed by atoms with Crippen molar-refractivity contribution in [1.82, 2.24) is 14.8 Å². The molecular weight excluding hydrogens is 387 g/mol. The number of likely N-dealkylation sites (tertiary alicyclic amines) is 2. The number of hydrogen-bond acceptors (Lipinski definition) is 4. The van der Waals surface area contributed by atoms with Gasteiger partial charge in [-0.25, -0.2) is 0 Å². The highest BCUT2D eigenvalue weighted by Crippen LogP contribution is 2.29. The zero-order valence-corrected chi connectivity index (χ0v) is 17.4. The van der Waals surface area contributed by atoms with Crippen molar-refractivity contribution >= 4 is 36.6 Å². The van der Waals surface area contributed by atoms with Crippen molar-refractivity contribution in [2.24, 2.45) is 11.7 Å². The SMILES string of the molecule is CC(=O)N1C[C@@H](N)CC[C@@H](C(=O)N2CCC(c3ccncc3)CC2)C1.Cl.Cl. The summed E-state index contributed by atoms with van der Waals surface area (Å²) in [7, 11) is 0. The minimum atomic E-state index is -0.116.